The summed E-state index contributed by atoms with van der Waals surface area (Å²) in [4.78, 5) is 25.2. The molecule has 4 heteroatoms. The monoisotopic (exact) mass is 259 g/mol. The van der Waals surface area contributed by atoms with Crippen molar-refractivity contribution in [1.29, 1.82) is 0 Å². The Morgan fingerprint density at radius 1 is 1.53 bits per heavy atom. The minimum atomic E-state index is -0.360. The van der Waals surface area contributed by atoms with E-state index >= 15 is 0 Å². The van der Waals surface area contributed by atoms with E-state index in [-0.39, 0.29) is 17.8 Å². The minimum absolute atomic E-state index is 0.0927. The van der Waals surface area contributed by atoms with Gasteiger partial charge in [0.15, 0.2) is 0 Å². The highest BCUT2D eigenvalue weighted by Gasteiger charge is 2.29. The number of amides is 1. The smallest absolute Gasteiger partial charge is 0.338 e. The molecule has 0 saturated carbocycles. The minimum Gasteiger partial charge on any atom is -0.465 e. The van der Waals surface area contributed by atoms with Gasteiger partial charge in [-0.15, -0.1) is 6.58 Å². The molecule has 19 heavy (non-hydrogen) atoms. The zero-order chi connectivity index (χ0) is 14.0. The first kappa shape index (κ1) is 13.3. The number of hydrogen-bond donors (Lipinski definition) is 0. The molecule has 1 atom stereocenters. The van der Waals surface area contributed by atoms with E-state index in [1.54, 1.807) is 17.0 Å². The molecule has 1 unspecified atom stereocenters. The number of carbonyl (C=O) groups is 2. The van der Waals surface area contributed by atoms with Gasteiger partial charge < -0.3 is 9.64 Å². The molecular formula is C15H17NO3. The average molecular weight is 259 g/mol. The van der Waals surface area contributed by atoms with Crippen LogP contribution in [-0.2, 0) is 9.53 Å². The Balaban J connectivity index is 2.28. The van der Waals surface area contributed by atoms with Crippen LogP contribution in [0.5, 0.6) is 0 Å². The lowest BCUT2D eigenvalue weighted by atomic mass is 10.1. The van der Waals surface area contributed by atoms with Gasteiger partial charge in [-0.2, -0.15) is 0 Å². The van der Waals surface area contributed by atoms with Gasteiger partial charge in [0.1, 0.15) is 0 Å². The molecule has 0 aromatic heterocycles. The van der Waals surface area contributed by atoms with Gasteiger partial charge in [0.2, 0.25) is 5.91 Å². The normalized spacial score (nSPS) is 18.5. The summed E-state index contributed by atoms with van der Waals surface area (Å²) in [5.74, 6) is -0.0658. The van der Waals surface area contributed by atoms with Crippen LogP contribution in [-0.4, -0.2) is 25.5 Å². The van der Waals surface area contributed by atoms with Crippen molar-refractivity contribution in [3.05, 3.63) is 42.0 Å². The van der Waals surface area contributed by atoms with E-state index in [4.69, 9.17) is 4.74 Å². The summed E-state index contributed by atoms with van der Waals surface area (Å²) in [7, 11) is 1.36. The molecule has 1 heterocycles. The standard InChI is InChI=1S/C15H17NO3/c1-4-11-8-14(17)16(9-11)12-5-6-13(10(2)7-12)15(18)19-3/h4-7,11H,1,8-9H2,2-3H3. The van der Waals surface area contributed by atoms with E-state index < -0.39 is 0 Å². The van der Waals surface area contributed by atoms with Crippen molar-refractivity contribution in [3.8, 4) is 0 Å². The fraction of sp³-hybridized carbons (Fsp3) is 0.333. The third-order valence-electron chi connectivity index (χ3n) is 3.42. The maximum atomic E-state index is 11.9. The summed E-state index contributed by atoms with van der Waals surface area (Å²) in [5, 5.41) is 0. The molecule has 1 aromatic carbocycles. The van der Waals surface area contributed by atoms with Crippen molar-refractivity contribution >= 4 is 17.6 Å². The number of esters is 1. The molecule has 0 spiro atoms. The van der Waals surface area contributed by atoms with Crippen LogP contribution in [0.1, 0.15) is 22.3 Å². The first-order chi connectivity index (χ1) is 9.06. The summed E-state index contributed by atoms with van der Waals surface area (Å²) >= 11 is 0. The quantitative estimate of drug-likeness (QED) is 0.618. The number of hydrogen-bond acceptors (Lipinski definition) is 3. The third-order valence-corrected chi connectivity index (χ3v) is 3.42. The lowest BCUT2D eigenvalue weighted by molar-refractivity contribution is -0.117. The molecule has 1 saturated heterocycles. The summed E-state index contributed by atoms with van der Waals surface area (Å²) in [6.07, 6.45) is 2.31. The van der Waals surface area contributed by atoms with Crippen LogP contribution >= 0.6 is 0 Å². The molecule has 1 aliphatic rings. The fourth-order valence-electron chi connectivity index (χ4n) is 2.30. The van der Waals surface area contributed by atoms with E-state index in [1.807, 2.05) is 19.1 Å². The van der Waals surface area contributed by atoms with Crippen LogP contribution in [0.15, 0.2) is 30.9 Å². The van der Waals surface area contributed by atoms with E-state index in [0.29, 0.717) is 18.5 Å². The Labute approximate surface area is 112 Å². The Morgan fingerprint density at radius 2 is 2.26 bits per heavy atom. The Kier molecular flexibility index (Phi) is 3.69. The maximum absolute atomic E-state index is 11.9. The van der Waals surface area contributed by atoms with Gasteiger partial charge in [-0.05, 0) is 30.7 Å². The molecule has 1 fully saturated rings. The molecular weight excluding hydrogens is 242 g/mol. The van der Waals surface area contributed by atoms with Crippen LogP contribution < -0.4 is 4.90 Å². The van der Waals surface area contributed by atoms with E-state index in [0.717, 1.165) is 11.3 Å². The van der Waals surface area contributed by atoms with Crippen LogP contribution in [0, 0.1) is 12.8 Å². The number of anilines is 1. The lowest BCUT2D eigenvalue weighted by Crippen LogP contribution is -2.24. The highest BCUT2D eigenvalue weighted by Crippen LogP contribution is 2.27. The Bertz CT molecular complexity index is 536. The lowest BCUT2D eigenvalue weighted by Gasteiger charge is -2.17. The predicted octanol–water partition coefficient (Wildman–Crippen LogP) is 2.32. The maximum Gasteiger partial charge on any atom is 0.338 e. The highest BCUT2D eigenvalue weighted by molar-refractivity contribution is 5.97. The van der Waals surface area contributed by atoms with Gasteiger partial charge in [-0.3, -0.25) is 4.79 Å². The van der Waals surface area contributed by atoms with Crippen LogP contribution in [0.4, 0.5) is 5.69 Å². The van der Waals surface area contributed by atoms with Crippen LogP contribution in [0.3, 0.4) is 0 Å². The Hall–Kier alpha value is -2.10. The van der Waals surface area contributed by atoms with Crippen molar-refractivity contribution < 1.29 is 14.3 Å². The molecule has 1 aliphatic heterocycles. The number of benzene rings is 1. The number of ether oxygens (including phenoxy) is 1. The van der Waals surface area contributed by atoms with E-state index in [2.05, 4.69) is 6.58 Å². The summed E-state index contributed by atoms with van der Waals surface area (Å²) < 4.78 is 4.71. The van der Waals surface area contributed by atoms with Gasteiger partial charge in [-0.25, -0.2) is 4.79 Å². The van der Waals surface area contributed by atoms with Gasteiger partial charge in [0, 0.05) is 24.6 Å². The van der Waals surface area contributed by atoms with Crippen molar-refractivity contribution in [2.24, 2.45) is 5.92 Å². The summed E-state index contributed by atoms with van der Waals surface area (Å²) in [6, 6.07) is 5.32. The molecule has 0 bridgehead atoms. The number of aryl methyl sites for hydroxylation is 1. The second-order valence-electron chi connectivity index (χ2n) is 4.70. The number of rotatable bonds is 3. The number of methoxy groups -OCH3 is 1. The second kappa shape index (κ2) is 5.26. The summed E-state index contributed by atoms with van der Waals surface area (Å²) in [6.45, 7) is 6.22. The van der Waals surface area contributed by atoms with Gasteiger partial charge in [0.25, 0.3) is 0 Å². The van der Waals surface area contributed by atoms with Crippen molar-refractivity contribution in [1.82, 2.24) is 0 Å². The first-order valence-electron chi connectivity index (χ1n) is 6.18. The number of carbonyl (C=O) groups excluding carboxylic acids is 2. The molecule has 0 radical (unpaired) electrons. The van der Waals surface area contributed by atoms with Crippen molar-refractivity contribution in [2.45, 2.75) is 13.3 Å². The molecule has 1 amide bonds. The molecule has 4 nitrogen and oxygen atoms in total. The topological polar surface area (TPSA) is 46.6 Å². The largest absolute Gasteiger partial charge is 0.465 e. The van der Waals surface area contributed by atoms with Gasteiger partial charge >= 0.3 is 5.97 Å². The van der Waals surface area contributed by atoms with Crippen molar-refractivity contribution in [3.63, 3.8) is 0 Å². The Morgan fingerprint density at radius 3 is 2.79 bits per heavy atom. The third kappa shape index (κ3) is 2.52. The van der Waals surface area contributed by atoms with Crippen LogP contribution in [0.25, 0.3) is 0 Å². The van der Waals surface area contributed by atoms with Crippen molar-refractivity contribution in [2.75, 3.05) is 18.6 Å². The molecule has 100 valence electrons. The van der Waals surface area contributed by atoms with E-state index in [9.17, 15) is 9.59 Å². The first-order valence-corrected chi connectivity index (χ1v) is 6.18. The fourth-order valence-corrected chi connectivity index (χ4v) is 2.30. The molecule has 2 rings (SSSR count). The second-order valence-corrected chi connectivity index (χ2v) is 4.70. The zero-order valence-electron chi connectivity index (χ0n) is 11.2. The number of nitrogens with zero attached hydrogens (tertiary/aromatic N) is 1. The predicted molar refractivity (Wildman–Crippen MR) is 73.2 cm³/mol. The SMILES string of the molecule is C=CC1CC(=O)N(c2ccc(C(=O)OC)c(C)c2)C1. The molecule has 0 N–H and O–H groups in total. The van der Waals surface area contributed by atoms with Gasteiger partial charge in [-0.1, -0.05) is 6.08 Å². The van der Waals surface area contributed by atoms with Crippen LogP contribution in [0.2, 0.25) is 0 Å². The highest BCUT2D eigenvalue weighted by atomic mass is 16.5. The average Bonchev–Trinajstić information content (AvgIpc) is 2.79. The summed E-state index contributed by atoms with van der Waals surface area (Å²) in [5.41, 5.74) is 2.15. The molecule has 0 aliphatic carbocycles. The zero-order valence-corrected chi connectivity index (χ0v) is 11.2. The molecule has 1 aromatic rings. The van der Waals surface area contributed by atoms with E-state index in [1.165, 1.54) is 7.11 Å². The van der Waals surface area contributed by atoms with Gasteiger partial charge in [0.05, 0.1) is 12.7 Å².